The van der Waals surface area contributed by atoms with Gasteiger partial charge in [-0.15, -0.1) is 0 Å². The van der Waals surface area contributed by atoms with E-state index in [2.05, 4.69) is 79.4 Å². The highest BCUT2D eigenvalue weighted by atomic mass is 35.5. The number of fused-ring (bicyclic) bond motifs is 1. The van der Waals surface area contributed by atoms with Gasteiger partial charge in [0.2, 0.25) is 0 Å². The zero-order valence-electron chi connectivity index (χ0n) is 21.1. The lowest BCUT2D eigenvalue weighted by Gasteiger charge is -2.31. The molecule has 1 saturated heterocycles. The van der Waals surface area contributed by atoms with Crippen LogP contribution >= 0.6 is 11.6 Å². The maximum absolute atomic E-state index is 6.76. The average molecular weight is 498 g/mol. The van der Waals surface area contributed by atoms with Crippen LogP contribution in [0.1, 0.15) is 12.1 Å². The Hall–Kier alpha value is -1.70. The van der Waals surface area contributed by atoms with Crippen LogP contribution in [0.15, 0.2) is 42.5 Å². The highest BCUT2D eigenvalue weighted by Crippen LogP contribution is 2.34. The van der Waals surface area contributed by atoms with Gasteiger partial charge < -0.3 is 9.64 Å². The smallest absolute Gasteiger partial charge is 0.140 e. The lowest BCUT2D eigenvalue weighted by Crippen LogP contribution is -2.43. The molecule has 2 aromatic carbocycles. The molecule has 1 radical (unpaired) electrons. The molecular weight excluding hydrogens is 460 g/mol. The second-order valence-corrected chi connectivity index (χ2v) is 16.6. The number of aromatic nitrogens is 2. The SMILES string of the molecule is CN1CCN([CH]CCc2nn(COCC[Si](C)(C)C)c3cc(Cl)c(-c4ccccc4)cc23)CC1. The summed E-state index contributed by atoms with van der Waals surface area (Å²) in [6, 6.07) is 15.8. The number of rotatable bonds is 10. The van der Waals surface area contributed by atoms with Crippen molar-refractivity contribution in [3.05, 3.63) is 59.7 Å². The summed E-state index contributed by atoms with van der Waals surface area (Å²) in [6.07, 6.45) is 1.89. The molecule has 0 bridgehead atoms. The van der Waals surface area contributed by atoms with Crippen LogP contribution in [0.2, 0.25) is 30.7 Å². The number of hydrogen-bond donors (Lipinski definition) is 0. The fourth-order valence-corrected chi connectivity index (χ4v) is 5.32. The van der Waals surface area contributed by atoms with Crippen molar-refractivity contribution in [3.63, 3.8) is 0 Å². The van der Waals surface area contributed by atoms with Crippen LogP contribution in [0.3, 0.4) is 0 Å². The van der Waals surface area contributed by atoms with E-state index in [0.29, 0.717) is 6.73 Å². The molecule has 1 aliphatic rings. The molecule has 3 aromatic rings. The molecule has 0 spiro atoms. The summed E-state index contributed by atoms with van der Waals surface area (Å²) < 4.78 is 8.04. The van der Waals surface area contributed by atoms with E-state index < -0.39 is 8.07 Å². The minimum atomic E-state index is -1.12. The Bertz CT molecular complexity index is 1070. The van der Waals surface area contributed by atoms with E-state index in [1.807, 2.05) is 10.7 Å². The third kappa shape index (κ3) is 6.70. The second-order valence-electron chi connectivity index (χ2n) is 10.6. The molecule has 34 heavy (non-hydrogen) atoms. The highest BCUT2D eigenvalue weighted by Gasteiger charge is 2.18. The van der Waals surface area contributed by atoms with E-state index in [-0.39, 0.29) is 0 Å². The van der Waals surface area contributed by atoms with Crippen LogP contribution in [0.25, 0.3) is 22.0 Å². The maximum atomic E-state index is 6.76. The first-order valence-electron chi connectivity index (χ1n) is 12.4. The Labute approximate surface area is 210 Å². The predicted molar refractivity (Wildman–Crippen MR) is 146 cm³/mol. The molecule has 0 atom stereocenters. The molecular formula is C27H38ClN4OSi. The Balaban J connectivity index is 1.54. The Kier molecular flexibility index (Phi) is 8.48. The maximum Gasteiger partial charge on any atom is 0.140 e. The summed E-state index contributed by atoms with van der Waals surface area (Å²) in [5, 5.41) is 6.91. The van der Waals surface area contributed by atoms with E-state index in [0.717, 1.165) is 79.0 Å². The zero-order valence-corrected chi connectivity index (χ0v) is 22.8. The predicted octanol–water partition coefficient (Wildman–Crippen LogP) is 6.01. The second kappa shape index (κ2) is 11.4. The van der Waals surface area contributed by atoms with E-state index in [9.17, 15) is 0 Å². The van der Waals surface area contributed by atoms with Crippen molar-refractivity contribution in [2.24, 2.45) is 0 Å². The number of piperazine rings is 1. The van der Waals surface area contributed by atoms with Crippen molar-refractivity contribution in [2.75, 3.05) is 39.8 Å². The first-order valence-corrected chi connectivity index (χ1v) is 16.5. The van der Waals surface area contributed by atoms with E-state index >= 15 is 0 Å². The standard InChI is InChI=1S/C27H38ClN4OSi/c1-30-13-15-31(16-14-30)12-8-11-26-24-19-23(22-9-6-5-7-10-22)25(28)20-27(24)32(29-26)21-33-17-18-34(2,3)4/h5-7,9-10,12,19-20H,8,11,13-18,21H2,1-4H3. The lowest BCUT2D eigenvalue weighted by molar-refractivity contribution is 0.0814. The summed E-state index contributed by atoms with van der Waals surface area (Å²) in [6.45, 7) is 15.2. The van der Waals surface area contributed by atoms with Crippen LogP contribution in [0.5, 0.6) is 0 Å². The molecule has 0 saturated carbocycles. The van der Waals surface area contributed by atoms with Gasteiger partial charge in [-0.25, -0.2) is 4.68 Å². The topological polar surface area (TPSA) is 33.5 Å². The van der Waals surface area contributed by atoms with Crippen molar-refractivity contribution >= 4 is 30.6 Å². The Morgan fingerprint density at radius 3 is 2.50 bits per heavy atom. The zero-order chi connectivity index (χ0) is 24.1. The van der Waals surface area contributed by atoms with Crippen molar-refractivity contribution < 1.29 is 4.74 Å². The van der Waals surface area contributed by atoms with Crippen molar-refractivity contribution in [1.29, 1.82) is 0 Å². The van der Waals surface area contributed by atoms with E-state index in [1.165, 1.54) is 5.39 Å². The molecule has 0 N–H and O–H groups in total. The number of aryl methyl sites for hydroxylation is 1. The van der Waals surface area contributed by atoms with Gasteiger partial charge in [-0.2, -0.15) is 5.10 Å². The minimum absolute atomic E-state index is 0.462. The summed E-state index contributed by atoms with van der Waals surface area (Å²) in [5.41, 5.74) is 4.34. The van der Waals surface area contributed by atoms with Crippen LogP contribution in [0, 0.1) is 6.54 Å². The van der Waals surface area contributed by atoms with E-state index in [4.69, 9.17) is 21.4 Å². The van der Waals surface area contributed by atoms with Crippen LogP contribution in [-0.4, -0.2) is 67.5 Å². The Morgan fingerprint density at radius 1 is 1.06 bits per heavy atom. The van der Waals surface area contributed by atoms with Crippen LogP contribution in [0.4, 0.5) is 0 Å². The molecule has 7 heteroatoms. The average Bonchev–Trinajstić information content (AvgIpc) is 3.14. The summed E-state index contributed by atoms with van der Waals surface area (Å²) in [5.74, 6) is 0. The first kappa shape index (κ1) is 25.4. The molecule has 2 heterocycles. The highest BCUT2D eigenvalue weighted by molar-refractivity contribution is 6.76. The van der Waals surface area contributed by atoms with Gasteiger partial charge in [0.05, 0.1) is 16.2 Å². The summed E-state index contributed by atoms with van der Waals surface area (Å²) in [7, 11) is 1.07. The van der Waals surface area contributed by atoms with Crippen LogP contribution < -0.4 is 0 Å². The lowest BCUT2D eigenvalue weighted by atomic mass is 10.0. The molecule has 4 rings (SSSR count). The van der Waals surface area contributed by atoms with Gasteiger partial charge in [-0.05, 0) is 43.6 Å². The third-order valence-electron chi connectivity index (χ3n) is 6.52. The number of nitrogens with zero attached hydrogens (tertiary/aromatic N) is 4. The molecule has 1 aromatic heterocycles. The summed E-state index contributed by atoms with van der Waals surface area (Å²) >= 11 is 6.76. The fraction of sp³-hybridized carbons (Fsp3) is 0.481. The number of halogens is 1. The quantitative estimate of drug-likeness (QED) is 0.253. The molecule has 0 aliphatic carbocycles. The molecule has 0 amide bonds. The Morgan fingerprint density at radius 2 is 1.79 bits per heavy atom. The van der Waals surface area contributed by atoms with Crippen molar-refractivity contribution in [2.45, 2.75) is 45.3 Å². The number of likely N-dealkylation sites (N-methyl/N-ethyl adjacent to an activating group) is 1. The number of ether oxygens (including phenoxy) is 1. The molecule has 5 nitrogen and oxygen atoms in total. The fourth-order valence-electron chi connectivity index (χ4n) is 4.30. The van der Waals surface area contributed by atoms with Crippen molar-refractivity contribution in [3.8, 4) is 11.1 Å². The van der Waals surface area contributed by atoms with Gasteiger partial charge in [-0.3, -0.25) is 4.90 Å². The van der Waals surface area contributed by atoms with Gasteiger partial charge in [0, 0.05) is 58.4 Å². The van der Waals surface area contributed by atoms with E-state index in [1.54, 1.807) is 0 Å². The van der Waals surface area contributed by atoms with Gasteiger partial charge >= 0.3 is 0 Å². The molecule has 0 unspecified atom stereocenters. The number of benzene rings is 2. The normalized spacial score (nSPS) is 15.9. The van der Waals surface area contributed by atoms with Gasteiger partial charge in [0.25, 0.3) is 0 Å². The first-order chi connectivity index (χ1) is 16.3. The van der Waals surface area contributed by atoms with Gasteiger partial charge in [0.15, 0.2) is 0 Å². The molecule has 1 aliphatic heterocycles. The third-order valence-corrected chi connectivity index (χ3v) is 8.53. The molecule has 1 fully saturated rings. The summed E-state index contributed by atoms with van der Waals surface area (Å²) in [4.78, 5) is 4.83. The van der Waals surface area contributed by atoms with Crippen LogP contribution in [-0.2, 0) is 17.9 Å². The van der Waals surface area contributed by atoms with Gasteiger partial charge in [0.1, 0.15) is 6.73 Å². The molecule has 183 valence electrons. The minimum Gasteiger partial charge on any atom is -0.360 e. The monoisotopic (exact) mass is 497 g/mol. The van der Waals surface area contributed by atoms with Gasteiger partial charge in [-0.1, -0.05) is 61.6 Å². The number of hydrogen-bond acceptors (Lipinski definition) is 4. The largest absolute Gasteiger partial charge is 0.360 e. The van der Waals surface area contributed by atoms with Crippen molar-refractivity contribution in [1.82, 2.24) is 19.6 Å².